The Morgan fingerprint density at radius 2 is 1.88 bits per heavy atom. The smallest absolute Gasteiger partial charge is 0.339 e. The van der Waals surface area contributed by atoms with Crippen LogP contribution in [0.15, 0.2) is 42.5 Å². The number of benzene rings is 2. The summed E-state index contributed by atoms with van der Waals surface area (Å²) in [6.45, 7) is 3.62. The molecule has 1 aromatic heterocycles. The molecule has 1 N–H and O–H groups in total. The van der Waals surface area contributed by atoms with Crippen LogP contribution in [0.1, 0.15) is 46.9 Å². The van der Waals surface area contributed by atoms with E-state index in [0.29, 0.717) is 24.3 Å². The minimum Gasteiger partial charge on any atom is -0.465 e. The van der Waals surface area contributed by atoms with Gasteiger partial charge in [-0.25, -0.2) is 9.78 Å². The van der Waals surface area contributed by atoms with Crippen molar-refractivity contribution in [2.24, 2.45) is 5.92 Å². The van der Waals surface area contributed by atoms with E-state index < -0.39 is 11.9 Å². The summed E-state index contributed by atoms with van der Waals surface area (Å²) in [7, 11) is 1.31. The van der Waals surface area contributed by atoms with E-state index >= 15 is 0 Å². The molecule has 8 nitrogen and oxygen atoms in total. The number of aryl methyl sites for hydroxylation is 1. The first-order valence-corrected chi connectivity index (χ1v) is 11.7. The molecule has 3 aromatic rings. The van der Waals surface area contributed by atoms with Gasteiger partial charge in [0.05, 0.1) is 35.3 Å². The highest BCUT2D eigenvalue weighted by Crippen LogP contribution is 2.32. The number of aromatic nitrogens is 2. The van der Waals surface area contributed by atoms with Gasteiger partial charge < -0.3 is 19.5 Å². The number of esters is 1. The molecule has 0 saturated carbocycles. The zero-order chi connectivity index (χ0) is 23.8. The lowest BCUT2D eigenvalue weighted by Crippen LogP contribution is -2.42. The van der Waals surface area contributed by atoms with Crippen LogP contribution in [-0.2, 0) is 14.3 Å². The SMILES string of the molecule is COC(=O)c1ccccc1N1CC(C(=O)N2CCC(c3nc4ccc(C)cc4[nH]3)CC2)CC1=O. The van der Waals surface area contributed by atoms with Crippen molar-refractivity contribution in [2.45, 2.75) is 32.1 Å². The number of nitrogens with one attached hydrogen (secondary N) is 1. The van der Waals surface area contributed by atoms with Gasteiger partial charge in [-0.2, -0.15) is 0 Å². The third kappa shape index (κ3) is 4.04. The maximum Gasteiger partial charge on any atom is 0.339 e. The van der Waals surface area contributed by atoms with Crippen molar-refractivity contribution in [1.82, 2.24) is 14.9 Å². The number of likely N-dealkylation sites (tertiary alicyclic amines) is 1. The molecule has 2 saturated heterocycles. The molecular weight excluding hydrogens is 432 g/mol. The average molecular weight is 461 g/mol. The molecular formula is C26H28N4O4. The highest BCUT2D eigenvalue weighted by molar-refractivity contribution is 6.05. The average Bonchev–Trinajstić information content (AvgIpc) is 3.46. The zero-order valence-electron chi connectivity index (χ0n) is 19.4. The van der Waals surface area contributed by atoms with Crippen molar-refractivity contribution in [1.29, 1.82) is 0 Å². The molecule has 8 heteroatoms. The molecule has 3 heterocycles. The lowest BCUT2D eigenvalue weighted by molar-refractivity contribution is -0.136. The number of carbonyl (C=O) groups excluding carboxylic acids is 3. The summed E-state index contributed by atoms with van der Waals surface area (Å²) in [5, 5.41) is 0. The quantitative estimate of drug-likeness (QED) is 0.602. The van der Waals surface area contributed by atoms with Gasteiger partial charge in [0.25, 0.3) is 0 Å². The third-order valence-corrected chi connectivity index (χ3v) is 6.92. The van der Waals surface area contributed by atoms with E-state index in [0.717, 1.165) is 29.7 Å². The van der Waals surface area contributed by atoms with Gasteiger partial charge in [0.2, 0.25) is 11.8 Å². The fraction of sp³-hybridized carbons (Fsp3) is 0.385. The first-order chi connectivity index (χ1) is 16.4. The van der Waals surface area contributed by atoms with Gasteiger partial charge in [0.15, 0.2) is 0 Å². The molecule has 1 unspecified atom stereocenters. The number of piperidine rings is 1. The van der Waals surface area contributed by atoms with Crippen molar-refractivity contribution in [2.75, 3.05) is 31.6 Å². The molecule has 2 aliphatic rings. The van der Waals surface area contributed by atoms with Crippen molar-refractivity contribution in [3.63, 3.8) is 0 Å². The number of carbonyl (C=O) groups is 3. The number of ether oxygens (including phenoxy) is 1. The second-order valence-electron chi connectivity index (χ2n) is 9.16. The maximum absolute atomic E-state index is 13.3. The van der Waals surface area contributed by atoms with E-state index in [1.807, 2.05) is 11.0 Å². The number of hydrogen-bond acceptors (Lipinski definition) is 5. The number of hydrogen-bond donors (Lipinski definition) is 1. The molecule has 0 spiro atoms. The zero-order valence-corrected chi connectivity index (χ0v) is 19.4. The summed E-state index contributed by atoms with van der Waals surface area (Å²) in [6.07, 6.45) is 1.82. The Morgan fingerprint density at radius 1 is 1.12 bits per heavy atom. The summed E-state index contributed by atoms with van der Waals surface area (Å²) in [4.78, 5) is 49.8. The largest absolute Gasteiger partial charge is 0.465 e. The molecule has 2 amide bonds. The first-order valence-electron chi connectivity index (χ1n) is 11.7. The number of anilines is 1. The molecule has 34 heavy (non-hydrogen) atoms. The Hall–Kier alpha value is -3.68. The van der Waals surface area contributed by atoms with Gasteiger partial charge >= 0.3 is 5.97 Å². The van der Waals surface area contributed by atoms with Crippen LogP contribution >= 0.6 is 0 Å². The van der Waals surface area contributed by atoms with Crippen LogP contribution in [0.2, 0.25) is 0 Å². The van der Waals surface area contributed by atoms with Gasteiger partial charge in [-0.3, -0.25) is 9.59 Å². The maximum atomic E-state index is 13.3. The molecule has 1 atom stereocenters. The second-order valence-corrected chi connectivity index (χ2v) is 9.16. The van der Waals surface area contributed by atoms with E-state index in [9.17, 15) is 14.4 Å². The van der Waals surface area contributed by atoms with E-state index in [2.05, 4.69) is 24.0 Å². The Balaban J connectivity index is 1.24. The minimum absolute atomic E-state index is 0.00470. The van der Waals surface area contributed by atoms with Gasteiger partial charge in [0.1, 0.15) is 5.82 Å². The highest BCUT2D eigenvalue weighted by atomic mass is 16.5. The van der Waals surface area contributed by atoms with Crippen molar-refractivity contribution in [3.8, 4) is 0 Å². The third-order valence-electron chi connectivity index (χ3n) is 6.92. The van der Waals surface area contributed by atoms with Gasteiger partial charge in [-0.15, -0.1) is 0 Å². The minimum atomic E-state index is -0.499. The predicted octanol–water partition coefficient (Wildman–Crippen LogP) is 3.42. The number of methoxy groups -OCH3 is 1. The number of imidazole rings is 1. The number of amides is 2. The molecule has 0 aliphatic carbocycles. The summed E-state index contributed by atoms with van der Waals surface area (Å²) >= 11 is 0. The van der Waals surface area contributed by atoms with Crippen LogP contribution in [0, 0.1) is 12.8 Å². The van der Waals surface area contributed by atoms with E-state index in [-0.39, 0.29) is 30.7 Å². The van der Waals surface area contributed by atoms with E-state index in [4.69, 9.17) is 9.72 Å². The molecule has 2 fully saturated rings. The van der Waals surface area contributed by atoms with Crippen LogP contribution in [-0.4, -0.2) is 59.4 Å². The number of fused-ring (bicyclic) bond motifs is 1. The summed E-state index contributed by atoms with van der Waals surface area (Å²) in [5.74, 6) is 0.205. The van der Waals surface area contributed by atoms with Crippen LogP contribution in [0.3, 0.4) is 0 Å². The number of nitrogens with zero attached hydrogens (tertiary/aromatic N) is 3. The molecule has 2 aromatic carbocycles. The van der Waals surface area contributed by atoms with Crippen LogP contribution < -0.4 is 4.90 Å². The molecule has 0 bridgehead atoms. The second kappa shape index (κ2) is 8.93. The number of rotatable bonds is 4. The Labute approximate surface area is 197 Å². The Kier molecular flexibility index (Phi) is 5.81. The van der Waals surface area contributed by atoms with E-state index in [1.54, 1.807) is 24.3 Å². The topological polar surface area (TPSA) is 95.6 Å². The number of aromatic amines is 1. The lowest BCUT2D eigenvalue weighted by Gasteiger charge is -2.32. The van der Waals surface area contributed by atoms with Crippen LogP contribution in [0.5, 0.6) is 0 Å². The fourth-order valence-electron chi connectivity index (χ4n) is 5.07. The fourth-order valence-corrected chi connectivity index (χ4v) is 5.07. The number of para-hydroxylation sites is 1. The predicted molar refractivity (Wildman–Crippen MR) is 128 cm³/mol. The monoisotopic (exact) mass is 460 g/mol. The summed E-state index contributed by atoms with van der Waals surface area (Å²) in [6, 6.07) is 13.0. The summed E-state index contributed by atoms with van der Waals surface area (Å²) < 4.78 is 4.85. The Bertz CT molecular complexity index is 1260. The van der Waals surface area contributed by atoms with Gasteiger partial charge in [-0.05, 0) is 49.6 Å². The molecule has 2 aliphatic heterocycles. The highest BCUT2D eigenvalue weighted by Gasteiger charge is 2.39. The van der Waals surface area contributed by atoms with Gasteiger partial charge in [0, 0.05) is 32.0 Å². The van der Waals surface area contributed by atoms with Crippen LogP contribution in [0.4, 0.5) is 5.69 Å². The van der Waals surface area contributed by atoms with Crippen molar-refractivity contribution in [3.05, 3.63) is 59.4 Å². The first kappa shape index (κ1) is 22.1. The normalized spacial score (nSPS) is 19.1. The Morgan fingerprint density at radius 3 is 2.65 bits per heavy atom. The standard InChI is InChI=1S/C26H28N4O4/c1-16-7-8-20-21(13-16)28-24(27-20)17-9-11-29(12-10-17)25(32)18-14-23(31)30(15-18)22-6-4-3-5-19(22)26(33)34-2/h3-8,13,17-18H,9-12,14-15H2,1-2H3,(H,27,28). The lowest BCUT2D eigenvalue weighted by atomic mass is 9.95. The van der Waals surface area contributed by atoms with E-state index in [1.165, 1.54) is 17.6 Å². The van der Waals surface area contributed by atoms with Gasteiger partial charge in [-0.1, -0.05) is 18.2 Å². The molecule has 176 valence electrons. The molecule has 0 radical (unpaired) electrons. The summed E-state index contributed by atoms with van der Waals surface area (Å²) in [5.41, 5.74) is 4.03. The van der Waals surface area contributed by atoms with Crippen molar-refractivity contribution < 1.29 is 19.1 Å². The van der Waals surface area contributed by atoms with Crippen LogP contribution in [0.25, 0.3) is 11.0 Å². The van der Waals surface area contributed by atoms with Crippen molar-refractivity contribution >= 4 is 34.5 Å². The number of H-pyrrole nitrogens is 1. The molecule has 5 rings (SSSR count).